The van der Waals surface area contributed by atoms with Crippen LogP contribution in [0.4, 0.5) is 5.69 Å². The monoisotopic (exact) mass is 284 g/mol. The Labute approximate surface area is 124 Å². The number of phenols is 1. The van der Waals surface area contributed by atoms with Gasteiger partial charge in [0.25, 0.3) is 5.91 Å². The average Bonchev–Trinajstić information content (AvgIpc) is 2.52. The molecule has 0 saturated carbocycles. The molecule has 21 heavy (non-hydrogen) atoms. The van der Waals surface area contributed by atoms with Crippen LogP contribution in [0.15, 0.2) is 48.5 Å². The Bertz CT molecular complexity index is 594. The lowest BCUT2D eigenvalue weighted by Gasteiger charge is -2.09. The van der Waals surface area contributed by atoms with E-state index in [1.54, 1.807) is 18.2 Å². The molecule has 4 nitrogen and oxygen atoms in total. The second-order valence-electron chi connectivity index (χ2n) is 4.86. The molecule has 2 rings (SSSR count). The maximum absolute atomic E-state index is 11.9. The zero-order valence-electron chi connectivity index (χ0n) is 12.1. The molecule has 4 heteroatoms. The van der Waals surface area contributed by atoms with Gasteiger partial charge in [-0.3, -0.25) is 4.79 Å². The second kappa shape index (κ2) is 7.33. The number of nitrogens with one attached hydrogen (secondary N) is 2. The Kier molecular flexibility index (Phi) is 5.21. The highest BCUT2D eigenvalue weighted by atomic mass is 16.3. The number of phenolic OH excluding ortho intramolecular Hbond substituents is 1. The Balaban J connectivity index is 1.97. The van der Waals surface area contributed by atoms with Crippen LogP contribution in [0.1, 0.15) is 29.3 Å². The summed E-state index contributed by atoms with van der Waals surface area (Å²) in [6, 6.07) is 14.5. The lowest BCUT2D eigenvalue weighted by molar-refractivity contribution is 0.0953. The largest absolute Gasteiger partial charge is 0.508 e. The predicted molar refractivity (Wildman–Crippen MR) is 84.5 cm³/mol. The Morgan fingerprint density at radius 2 is 1.90 bits per heavy atom. The van der Waals surface area contributed by atoms with Crippen molar-refractivity contribution >= 4 is 11.6 Å². The molecule has 0 aliphatic rings. The number of anilines is 1. The van der Waals surface area contributed by atoms with Gasteiger partial charge in [-0.2, -0.15) is 0 Å². The number of rotatable bonds is 6. The van der Waals surface area contributed by atoms with Gasteiger partial charge < -0.3 is 15.7 Å². The van der Waals surface area contributed by atoms with E-state index in [0.717, 1.165) is 17.7 Å². The van der Waals surface area contributed by atoms with Gasteiger partial charge in [-0.05, 0) is 42.3 Å². The third-order valence-corrected chi connectivity index (χ3v) is 3.09. The molecule has 0 aliphatic carbocycles. The lowest BCUT2D eigenvalue weighted by Crippen LogP contribution is -2.23. The molecule has 110 valence electrons. The Hall–Kier alpha value is -2.49. The zero-order chi connectivity index (χ0) is 15.1. The highest BCUT2D eigenvalue weighted by Crippen LogP contribution is 2.14. The summed E-state index contributed by atoms with van der Waals surface area (Å²) in [6.07, 6.45) is 0.921. The standard InChI is InChI=1S/C17H20N2O2/c1-2-10-18-17(21)14-4-3-5-15(11-14)19-12-13-6-8-16(20)9-7-13/h3-9,11,19-20H,2,10,12H2,1H3,(H,18,21). The predicted octanol–water partition coefficient (Wildman–Crippen LogP) is 3.14. The molecule has 0 spiro atoms. The van der Waals surface area contributed by atoms with Crippen molar-refractivity contribution < 1.29 is 9.90 Å². The van der Waals surface area contributed by atoms with Crippen molar-refractivity contribution in [1.29, 1.82) is 0 Å². The molecule has 3 N–H and O–H groups in total. The minimum Gasteiger partial charge on any atom is -0.508 e. The van der Waals surface area contributed by atoms with E-state index in [1.165, 1.54) is 0 Å². The van der Waals surface area contributed by atoms with E-state index in [1.807, 2.05) is 37.3 Å². The van der Waals surface area contributed by atoms with Gasteiger partial charge in [-0.15, -0.1) is 0 Å². The molecule has 0 aromatic heterocycles. The van der Waals surface area contributed by atoms with Gasteiger partial charge in [-0.1, -0.05) is 25.1 Å². The molecule has 0 heterocycles. The van der Waals surface area contributed by atoms with Crippen molar-refractivity contribution in [2.45, 2.75) is 19.9 Å². The van der Waals surface area contributed by atoms with E-state index in [0.29, 0.717) is 18.7 Å². The zero-order valence-corrected chi connectivity index (χ0v) is 12.1. The third kappa shape index (κ3) is 4.53. The van der Waals surface area contributed by atoms with Crippen molar-refractivity contribution in [2.75, 3.05) is 11.9 Å². The fourth-order valence-electron chi connectivity index (χ4n) is 1.93. The number of aromatic hydroxyl groups is 1. The summed E-state index contributed by atoms with van der Waals surface area (Å²) in [5.74, 6) is 0.207. The van der Waals surface area contributed by atoms with Crippen LogP contribution in [-0.4, -0.2) is 17.6 Å². The molecule has 0 aliphatic heterocycles. The SMILES string of the molecule is CCCNC(=O)c1cccc(NCc2ccc(O)cc2)c1. The van der Waals surface area contributed by atoms with Crippen molar-refractivity contribution in [3.63, 3.8) is 0 Å². The summed E-state index contributed by atoms with van der Waals surface area (Å²) in [6.45, 7) is 3.35. The third-order valence-electron chi connectivity index (χ3n) is 3.09. The molecule has 0 radical (unpaired) electrons. The molecule has 0 bridgehead atoms. The molecule has 0 fully saturated rings. The number of benzene rings is 2. The smallest absolute Gasteiger partial charge is 0.251 e. The van der Waals surface area contributed by atoms with E-state index in [2.05, 4.69) is 10.6 Å². The van der Waals surface area contributed by atoms with E-state index in [9.17, 15) is 9.90 Å². The van der Waals surface area contributed by atoms with Crippen molar-refractivity contribution in [3.05, 3.63) is 59.7 Å². The van der Waals surface area contributed by atoms with Gasteiger partial charge in [0, 0.05) is 24.3 Å². The lowest BCUT2D eigenvalue weighted by atomic mass is 10.1. The first-order valence-corrected chi connectivity index (χ1v) is 7.09. The van der Waals surface area contributed by atoms with Crippen LogP contribution in [0.3, 0.4) is 0 Å². The number of carbonyl (C=O) groups excluding carboxylic acids is 1. The normalized spacial score (nSPS) is 10.1. The molecule has 0 unspecified atom stereocenters. The van der Waals surface area contributed by atoms with Crippen molar-refractivity contribution in [1.82, 2.24) is 5.32 Å². The highest BCUT2D eigenvalue weighted by Gasteiger charge is 2.05. The van der Waals surface area contributed by atoms with E-state index < -0.39 is 0 Å². The van der Waals surface area contributed by atoms with Crippen LogP contribution in [0, 0.1) is 0 Å². The second-order valence-corrected chi connectivity index (χ2v) is 4.86. The fraction of sp³-hybridized carbons (Fsp3) is 0.235. The van der Waals surface area contributed by atoms with Gasteiger partial charge >= 0.3 is 0 Å². The maximum atomic E-state index is 11.9. The van der Waals surface area contributed by atoms with Crippen LogP contribution < -0.4 is 10.6 Å². The fourth-order valence-corrected chi connectivity index (χ4v) is 1.93. The summed E-state index contributed by atoms with van der Waals surface area (Å²) in [5, 5.41) is 15.4. The summed E-state index contributed by atoms with van der Waals surface area (Å²) in [4.78, 5) is 11.9. The van der Waals surface area contributed by atoms with E-state index in [-0.39, 0.29) is 11.7 Å². The topological polar surface area (TPSA) is 61.4 Å². The number of hydrogen-bond acceptors (Lipinski definition) is 3. The summed E-state index contributed by atoms with van der Waals surface area (Å²) >= 11 is 0. The molecule has 0 saturated heterocycles. The average molecular weight is 284 g/mol. The van der Waals surface area contributed by atoms with Gasteiger partial charge in [0.15, 0.2) is 0 Å². The molecular formula is C17H20N2O2. The van der Waals surface area contributed by atoms with Crippen LogP contribution in [-0.2, 0) is 6.54 Å². The first kappa shape index (κ1) is 14.9. The summed E-state index contributed by atoms with van der Waals surface area (Å²) in [7, 11) is 0. The Morgan fingerprint density at radius 3 is 2.62 bits per heavy atom. The highest BCUT2D eigenvalue weighted by molar-refractivity contribution is 5.95. The van der Waals surface area contributed by atoms with Crippen molar-refractivity contribution in [3.8, 4) is 5.75 Å². The van der Waals surface area contributed by atoms with Crippen LogP contribution in [0.2, 0.25) is 0 Å². The van der Waals surface area contributed by atoms with Gasteiger partial charge in [0.05, 0.1) is 0 Å². The maximum Gasteiger partial charge on any atom is 0.251 e. The van der Waals surface area contributed by atoms with E-state index >= 15 is 0 Å². The molecular weight excluding hydrogens is 264 g/mol. The van der Waals surface area contributed by atoms with Gasteiger partial charge in [0.2, 0.25) is 0 Å². The summed E-state index contributed by atoms with van der Waals surface area (Å²) < 4.78 is 0. The first-order valence-electron chi connectivity index (χ1n) is 7.09. The molecule has 2 aromatic rings. The Morgan fingerprint density at radius 1 is 1.14 bits per heavy atom. The molecule has 0 atom stereocenters. The van der Waals surface area contributed by atoms with Crippen LogP contribution in [0.5, 0.6) is 5.75 Å². The van der Waals surface area contributed by atoms with Crippen LogP contribution >= 0.6 is 0 Å². The number of hydrogen-bond donors (Lipinski definition) is 3. The quantitative estimate of drug-likeness (QED) is 0.763. The number of amides is 1. The minimum absolute atomic E-state index is 0.0508. The van der Waals surface area contributed by atoms with Gasteiger partial charge in [-0.25, -0.2) is 0 Å². The minimum atomic E-state index is -0.0508. The van der Waals surface area contributed by atoms with Crippen LogP contribution in [0.25, 0.3) is 0 Å². The first-order chi connectivity index (χ1) is 10.2. The van der Waals surface area contributed by atoms with Gasteiger partial charge in [0.1, 0.15) is 5.75 Å². The molecule has 2 aromatic carbocycles. The molecule has 1 amide bonds. The van der Waals surface area contributed by atoms with E-state index in [4.69, 9.17) is 0 Å². The van der Waals surface area contributed by atoms with Crippen molar-refractivity contribution in [2.24, 2.45) is 0 Å². The number of carbonyl (C=O) groups is 1. The summed E-state index contributed by atoms with van der Waals surface area (Å²) in [5.41, 5.74) is 2.61.